The summed E-state index contributed by atoms with van der Waals surface area (Å²) in [5.41, 5.74) is 1.30. The van der Waals surface area contributed by atoms with E-state index < -0.39 is 0 Å². The number of aromatic nitrogens is 1. The Labute approximate surface area is 112 Å². The molecule has 0 bridgehead atoms. The first-order valence-corrected chi connectivity index (χ1v) is 6.88. The minimum atomic E-state index is 0.514. The van der Waals surface area contributed by atoms with E-state index in [-0.39, 0.29) is 0 Å². The molecule has 0 saturated heterocycles. The van der Waals surface area contributed by atoms with Crippen LogP contribution >= 0.6 is 0 Å². The number of rotatable bonds is 7. The molecule has 0 fully saturated rings. The van der Waals surface area contributed by atoms with Crippen molar-refractivity contribution in [2.75, 3.05) is 18.5 Å². The fourth-order valence-electron chi connectivity index (χ4n) is 1.67. The van der Waals surface area contributed by atoms with Gasteiger partial charge in [-0.05, 0) is 30.0 Å². The van der Waals surface area contributed by atoms with Crippen molar-refractivity contribution in [3.8, 4) is 0 Å². The third-order valence-corrected chi connectivity index (χ3v) is 2.96. The van der Waals surface area contributed by atoms with Gasteiger partial charge in [0.15, 0.2) is 0 Å². The summed E-state index contributed by atoms with van der Waals surface area (Å²) in [4.78, 5) is 6.68. The highest BCUT2D eigenvalue weighted by Crippen LogP contribution is 2.13. The van der Waals surface area contributed by atoms with Gasteiger partial charge in [0, 0.05) is 32.4 Å². The zero-order valence-electron chi connectivity index (χ0n) is 12.4. The molecule has 3 heteroatoms. The van der Waals surface area contributed by atoms with E-state index in [9.17, 15) is 0 Å². The lowest BCUT2D eigenvalue weighted by atomic mass is 10.1. The van der Waals surface area contributed by atoms with Crippen LogP contribution in [-0.4, -0.2) is 24.6 Å². The molecule has 0 atom stereocenters. The van der Waals surface area contributed by atoms with Crippen molar-refractivity contribution >= 4 is 5.82 Å². The van der Waals surface area contributed by atoms with Gasteiger partial charge in [0.05, 0.1) is 0 Å². The van der Waals surface area contributed by atoms with Gasteiger partial charge in [-0.2, -0.15) is 0 Å². The largest absolute Gasteiger partial charge is 0.360 e. The van der Waals surface area contributed by atoms with Crippen LogP contribution in [0.2, 0.25) is 0 Å². The standard InChI is InChI=1S/C15H27N3/c1-12(2)7-9-18(5)15-10-14(6-8-16-15)11-17-13(3)4/h6,8,10,12-13,17H,7,9,11H2,1-5H3. The molecule has 0 aliphatic rings. The SMILES string of the molecule is CC(C)CCN(C)c1cc(CNC(C)C)ccn1. The lowest BCUT2D eigenvalue weighted by molar-refractivity contribution is 0.581. The minimum absolute atomic E-state index is 0.514. The normalized spacial score (nSPS) is 11.3. The molecule has 102 valence electrons. The molecular weight excluding hydrogens is 222 g/mol. The quantitative estimate of drug-likeness (QED) is 0.805. The maximum absolute atomic E-state index is 4.44. The number of nitrogens with one attached hydrogen (secondary N) is 1. The highest BCUT2D eigenvalue weighted by molar-refractivity contribution is 5.39. The van der Waals surface area contributed by atoms with Gasteiger partial charge in [-0.3, -0.25) is 0 Å². The predicted molar refractivity (Wildman–Crippen MR) is 78.9 cm³/mol. The monoisotopic (exact) mass is 249 g/mol. The summed E-state index contributed by atoms with van der Waals surface area (Å²) < 4.78 is 0. The molecule has 18 heavy (non-hydrogen) atoms. The summed E-state index contributed by atoms with van der Waals surface area (Å²) in [7, 11) is 2.12. The molecule has 0 radical (unpaired) electrons. The molecule has 1 aromatic heterocycles. The van der Waals surface area contributed by atoms with Crippen molar-refractivity contribution < 1.29 is 0 Å². The van der Waals surface area contributed by atoms with Gasteiger partial charge in [-0.25, -0.2) is 4.98 Å². The zero-order valence-corrected chi connectivity index (χ0v) is 12.4. The van der Waals surface area contributed by atoms with E-state index in [2.05, 4.69) is 62.1 Å². The van der Waals surface area contributed by atoms with Crippen molar-refractivity contribution in [3.63, 3.8) is 0 Å². The lowest BCUT2D eigenvalue weighted by Gasteiger charge is -2.20. The fraction of sp³-hybridized carbons (Fsp3) is 0.667. The Morgan fingerprint density at radius 3 is 2.61 bits per heavy atom. The van der Waals surface area contributed by atoms with E-state index in [1.54, 1.807) is 0 Å². The first-order chi connectivity index (χ1) is 8.49. The van der Waals surface area contributed by atoms with Crippen LogP contribution in [0.15, 0.2) is 18.3 Å². The first kappa shape index (κ1) is 15.0. The molecule has 0 aliphatic heterocycles. The van der Waals surface area contributed by atoms with Crippen molar-refractivity contribution in [3.05, 3.63) is 23.9 Å². The highest BCUT2D eigenvalue weighted by atomic mass is 15.2. The number of anilines is 1. The maximum Gasteiger partial charge on any atom is 0.128 e. The van der Waals surface area contributed by atoms with Crippen LogP contribution in [0.25, 0.3) is 0 Å². The van der Waals surface area contributed by atoms with Crippen LogP contribution in [0, 0.1) is 5.92 Å². The van der Waals surface area contributed by atoms with Crippen LogP contribution in [0.3, 0.4) is 0 Å². The Hall–Kier alpha value is -1.09. The number of pyridine rings is 1. The summed E-state index contributed by atoms with van der Waals surface area (Å²) in [5.74, 6) is 1.80. The average Bonchev–Trinajstić information content (AvgIpc) is 2.33. The highest BCUT2D eigenvalue weighted by Gasteiger charge is 2.05. The van der Waals surface area contributed by atoms with E-state index in [4.69, 9.17) is 0 Å². The van der Waals surface area contributed by atoms with Crippen LogP contribution in [0.5, 0.6) is 0 Å². The van der Waals surface area contributed by atoms with Crippen molar-refractivity contribution in [1.29, 1.82) is 0 Å². The van der Waals surface area contributed by atoms with Crippen molar-refractivity contribution in [1.82, 2.24) is 10.3 Å². The first-order valence-electron chi connectivity index (χ1n) is 6.88. The van der Waals surface area contributed by atoms with Gasteiger partial charge in [0.1, 0.15) is 5.82 Å². The number of hydrogen-bond acceptors (Lipinski definition) is 3. The smallest absolute Gasteiger partial charge is 0.128 e. The van der Waals surface area contributed by atoms with Crippen molar-refractivity contribution in [2.24, 2.45) is 5.92 Å². The zero-order chi connectivity index (χ0) is 13.5. The summed E-state index contributed by atoms with van der Waals surface area (Å²) in [6.07, 6.45) is 3.10. The Bertz CT molecular complexity index is 347. The molecule has 0 unspecified atom stereocenters. The molecule has 3 nitrogen and oxygen atoms in total. The van der Waals surface area contributed by atoms with E-state index >= 15 is 0 Å². The maximum atomic E-state index is 4.44. The summed E-state index contributed by atoms with van der Waals surface area (Å²) in [6, 6.07) is 4.77. The van der Waals surface area contributed by atoms with Crippen LogP contribution in [0.4, 0.5) is 5.82 Å². The molecule has 0 amide bonds. The van der Waals surface area contributed by atoms with Gasteiger partial charge < -0.3 is 10.2 Å². The third-order valence-electron chi connectivity index (χ3n) is 2.96. The van der Waals surface area contributed by atoms with Gasteiger partial charge in [0.2, 0.25) is 0 Å². The third kappa shape index (κ3) is 5.50. The Morgan fingerprint density at radius 1 is 1.28 bits per heavy atom. The van der Waals surface area contributed by atoms with E-state index in [1.165, 1.54) is 12.0 Å². The van der Waals surface area contributed by atoms with Crippen molar-refractivity contribution in [2.45, 2.75) is 46.7 Å². The van der Waals surface area contributed by atoms with E-state index in [1.807, 2.05) is 6.20 Å². The summed E-state index contributed by atoms with van der Waals surface area (Å²) in [5, 5.41) is 3.43. The lowest BCUT2D eigenvalue weighted by Crippen LogP contribution is -2.23. The molecule has 0 aliphatic carbocycles. The molecule has 1 heterocycles. The van der Waals surface area contributed by atoms with Gasteiger partial charge in [-0.1, -0.05) is 27.7 Å². The number of hydrogen-bond donors (Lipinski definition) is 1. The minimum Gasteiger partial charge on any atom is -0.360 e. The van der Waals surface area contributed by atoms with Gasteiger partial charge >= 0.3 is 0 Å². The van der Waals surface area contributed by atoms with Crippen LogP contribution < -0.4 is 10.2 Å². The molecule has 1 aromatic rings. The number of nitrogens with zero attached hydrogens (tertiary/aromatic N) is 2. The predicted octanol–water partition coefficient (Wildman–Crippen LogP) is 3.06. The molecule has 1 rings (SSSR count). The second-order valence-corrected chi connectivity index (χ2v) is 5.66. The Morgan fingerprint density at radius 2 is 2.00 bits per heavy atom. The van der Waals surface area contributed by atoms with E-state index in [0.29, 0.717) is 6.04 Å². The summed E-state index contributed by atoms with van der Waals surface area (Å²) >= 11 is 0. The second-order valence-electron chi connectivity index (χ2n) is 5.66. The van der Waals surface area contributed by atoms with Gasteiger partial charge in [0.25, 0.3) is 0 Å². The van der Waals surface area contributed by atoms with Crippen LogP contribution in [0.1, 0.15) is 39.7 Å². The molecular formula is C15H27N3. The Kier molecular flexibility index (Phi) is 6.13. The fourth-order valence-corrected chi connectivity index (χ4v) is 1.67. The second kappa shape index (κ2) is 7.37. The molecule has 0 aromatic carbocycles. The average molecular weight is 249 g/mol. The molecule has 1 N–H and O–H groups in total. The topological polar surface area (TPSA) is 28.2 Å². The Balaban J connectivity index is 2.57. The summed E-state index contributed by atoms with van der Waals surface area (Å²) in [6.45, 7) is 10.8. The molecule has 0 spiro atoms. The van der Waals surface area contributed by atoms with Gasteiger partial charge in [-0.15, -0.1) is 0 Å². The van der Waals surface area contributed by atoms with E-state index in [0.717, 1.165) is 24.8 Å². The van der Waals surface area contributed by atoms with Crippen LogP contribution in [-0.2, 0) is 6.54 Å². The molecule has 0 saturated carbocycles.